The van der Waals surface area contributed by atoms with Gasteiger partial charge in [-0.1, -0.05) is 37.3 Å². The van der Waals surface area contributed by atoms with Crippen molar-refractivity contribution < 1.29 is 9.53 Å². The fraction of sp³-hybridized carbons (Fsp3) is 0.533. The van der Waals surface area contributed by atoms with Gasteiger partial charge in [-0.05, 0) is 18.9 Å². The van der Waals surface area contributed by atoms with E-state index in [-0.39, 0.29) is 11.9 Å². The summed E-state index contributed by atoms with van der Waals surface area (Å²) in [5.41, 5.74) is 6.92. The third-order valence-corrected chi connectivity index (χ3v) is 3.37. The summed E-state index contributed by atoms with van der Waals surface area (Å²) >= 11 is 0. The molecule has 0 fully saturated rings. The van der Waals surface area contributed by atoms with E-state index in [0.29, 0.717) is 13.2 Å². The molecule has 106 valence electrons. The zero-order valence-corrected chi connectivity index (χ0v) is 12.0. The minimum absolute atomic E-state index is 0.0439. The number of methoxy groups -OCH3 is 1. The number of benzene rings is 1. The molecule has 2 N–H and O–H groups in total. The van der Waals surface area contributed by atoms with E-state index in [1.165, 1.54) is 0 Å². The zero-order chi connectivity index (χ0) is 14.3. The van der Waals surface area contributed by atoms with Crippen LogP contribution in [0.5, 0.6) is 0 Å². The van der Waals surface area contributed by atoms with Gasteiger partial charge in [0.15, 0.2) is 0 Å². The van der Waals surface area contributed by atoms with Crippen LogP contribution < -0.4 is 5.73 Å². The molecule has 2 atom stereocenters. The van der Waals surface area contributed by atoms with Crippen molar-refractivity contribution in [1.29, 1.82) is 0 Å². The Kier molecular flexibility index (Phi) is 6.53. The SMILES string of the molecule is CCC(C)N(CCOC)C(=O)[C@H](N)c1ccccc1. The molecule has 0 aliphatic carbocycles. The molecule has 4 heteroatoms. The van der Waals surface area contributed by atoms with Crippen LogP contribution in [0.1, 0.15) is 31.9 Å². The van der Waals surface area contributed by atoms with Gasteiger partial charge in [0.1, 0.15) is 6.04 Å². The first kappa shape index (κ1) is 15.7. The van der Waals surface area contributed by atoms with Gasteiger partial charge in [0, 0.05) is 19.7 Å². The van der Waals surface area contributed by atoms with Crippen molar-refractivity contribution in [2.24, 2.45) is 5.73 Å². The Morgan fingerprint density at radius 2 is 2.00 bits per heavy atom. The van der Waals surface area contributed by atoms with Gasteiger partial charge in [-0.15, -0.1) is 0 Å². The van der Waals surface area contributed by atoms with E-state index in [2.05, 4.69) is 6.92 Å². The maximum atomic E-state index is 12.5. The van der Waals surface area contributed by atoms with Crippen molar-refractivity contribution in [1.82, 2.24) is 4.90 Å². The zero-order valence-electron chi connectivity index (χ0n) is 12.0. The van der Waals surface area contributed by atoms with Crippen molar-refractivity contribution in [2.45, 2.75) is 32.4 Å². The van der Waals surface area contributed by atoms with E-state index in [4.69, 9.17) is 10.5 Å². The van der Waals surface area contributed by atoms with Gasteiger partial charge >= 0.3 is 0 Å². The topological polar surface area (TPSA) is 55.6 Å². The van der Waals surface area contributed by atoms with Crippen LogP contribution >= 0.6 is 0 Å². The fourth-order valence-corrected chi connectivity index (χ4v) is 1.94. The highest BCUT2D eigenvalue weighted by molar-refractivity contribution is 5.83. The largest absolute Gasteiger partial charge is 0.383 e. The summed E-state index contributed by atoms with van der Waals surface area (Å²) in [5.74, 6) is -0.0439. The number of carbonyl (C=O) groups excluding carboxylic acids is 1. The monoisotopic (exact) mass is 264 g/mol. The maximum absolute atomic E-state index is 12.5. The van der Waals surface area contributed by atoms with Gasteiger partial charge in [0.05, 0.1) is 6.61 Å². The molecule has 0 aliphatic heterocycles. The molecule has 1 aromatic carbocycles. The van der Waals surface area contributed by atoms with E-state index >= 15 is 0 Å². The molecule has 0 aromatic heterocycles. The molecule has 0 heterocycles. The second kappa shape index (κ2) is 7.92. The molecule has 1 aromatic rings. The van der Waals surface area contributed by atoms with Crippen LogP contribution in [0.25, 0.3) is 0 Å². The molecule has 0 radical (unpaired) electrons. The van der Waals surface area contributed by atoms with E-state index in [9.17, 15) is 4.79 Å². The predicted molar refractivity (Wildman–Crippen MR) is 76.7 cm³/mol. The molecule has 1 unspecified atom stereocenters. The Labute approximate surface area is 115 Å². The predicted octanol–water partition coefficient (Wildman–Crippen LogP) is 1.96. The first-order valence-corrected chi connectivity index (χ1v) is 6.71. The molecule has 0 saturated carbocycles. The number of nitrogens with zero attached hydrogens (tertiary/aromatic N) is 1. The van der Waals surface area contributed by atoms with E-state index in [1.807, 2.05) is 37.3 Å². The van der Waals surface area contributed by atoms with Gasteiger partial charge in [0.25, 0.3) is 0 Å². The van der Waals surface area contributed by atoms with Gasteiger partial charge < -0.3 is 15.4 Å². The molecular weight excluding hydrogens is 240 g/mol. The van der Waals surface area contributed by atoms with Crippen molar-refractivity contribution in [3.63, 3.8) is 0 Å². The van der Waals surface area contributed by atoms with Gasteiger partial charge in [-0.25, -0.2) is 0 Å². The van der Waals surface area contributed by atoms with Crippen LogP contribution in [0, 0.1) is 0 Å². The molecule has 0 spiro atoms. The normalized spacial score (nSPS) is 13.9. The van der Waals surface area contributed by atoms with Crippen LogP contribution in [-0.4, -0.2) is 37.1 Å². The standard InChI is InChI=1S/C15H24N2O2/c1-4-12(2)17(10-11-19-3)15(18)14(16)13-8-6-5-7-9-13/h5-9,12,14H,4,10-11,16H2,1-3H3/t12?,14-/m1/s1. The third-order valence-electron chi connectivity index (χ3n) is 3.37. The molecule has 0 aliphatic rings. The minimum atomic E-state index is -0.605. The summed E-state index contributed by atoms with van der Waals surface area (Å²) in [5, 5.41) is 0. The lowest BCUT2D eigenvalue weighted by atomic mass is 10.1. The number of amides is 1. The highest BCUT2D eigenvalue weighted by Gasteiger charge is 2.25. The van der Waals surface area contributed by atoms with Gasteiger partial charge in [-0.2, -0.15) is 0 Å². The van der Waals surface area contributed by atoms with Crippen molar-refractivity contribution >= 4 is 5.91 Å². The van der Waals surface area contributed by atoms with Crippen LogP contribution in [0.2, 0.25) is 0 Å². The molecule has 1 rings (SSSR count). The average Bonchev–Trinajstić information content (AvgIpc) is 2.47. The van der Waals surface area contributed by atoms with E-state index in [1.54, 1.807) is 12.0 Å². The third kappa shape index (κ3) is 4.33. The summed E-state index contributed by atoms with van der Waals surface area (Å²) < 4.78 is 5.07. The molecule has 0 saturated heterocycles. The summed E-state index contributed by atoms with van der Waals surface area (Å²) in [4.78, 5) is 14.3. The first-order chi connectivity index (χ1) is 9.11. The quantitative estimate of drug-likeness (QED) is 0.819. The van der Waals surface area contributed by atoms with Crippen LogP contribution in [-0.2, 0) is 9.53 Å². The smallest absolute Gasteiger partial charge is 0.244 e. The summed E-state index contributed by atoms with van der Waals surface area (Å²) in [6.45, 7) is 5.19. The maximum Gasteiger partial charge on any atom is 0.244 e. The Morgan fingerprint density at radius 3 is 2.53 bits per heavy atom. The van der Waals surface area contributed by atoms with E-state index in [0.717, 1.165) is 12.0 Å². The van der Waals surface area contributed by atoms with Gasteiger partial charge in [0.2, 0.25) is 5.91 Å². The lowest BCUT2D eigenvalue weighted by molar-refractivity contribution is -0.135. The summed E-state index contributed by atoms with van der Waals surface area (Å²) in [6, 6.07) is 9.03. The second-order valence-corrected chi connectivity index (χ2v) is 4.67. The molecule has 1 amide bonds. The van der Waals surface area contributed by atoms with Crippen LogP contribution in [0.15, 0.2) is 30.3 Å². The Balaban J connectivity index is 2.80. The number of hydrogen-bond acceptors (Lipinski definition) is 3. The number of nitrogens with two attached hydrogens (primary N) is 1. The lowest BCUT2D eigenvalue weighted by Gasteiger charge is -2.30. The average molecular weight is 264 g/mol. The Hall–Kier alpha value is -1.39. The number of ether oxygens (including phenoxy) is 1. The Bertz CT molecular complexity index is 381. The van der Waals surface area contributed by atoms with Crippen molar-refractivity contribution in [2.75, 3.05) is 20.3 Å². The number of carbonyl (C=O) groups is 1. The van der Waals surface area contributed by atoms with Crippen LogP contribution in [0.3, 0.4) is 0 Å². The lowest BCUT2D eigenvalue weighted by Crippen LogP contribution is -2.45. The van der Waals surface area contributed by atoms with Crippen molar-refractivity contribution in [3.05, 3.63) is 35.9 Å². The minimum Gasteiger partial charge on any atom is -0.383 e. The summed E-state index contributed by atoms with van der Waals surface area (Å²) in [7, 11) is 1.64. The molecule has 0 bridgehead atoms. The number of hydrogen-bond donors (Lipinski definition) is 1. The highest BCUT2D eigenvalue weighted by Crippen LogP contribution is 2.15. The molecule has 19 heavy (non-hydrogen) atoms. The first-order valence-electron chi connectivity index (χ1n) is 6.71. The van der Waals surface area contributed by atoms with Gasteiger partial charge in [-0.3, -0.25) is 4.79 Å². The number of rotatable bonds is 7. The second-order valence-electron chi connectivity index (χ2n) is 4.67. The Morgan fingerprint density at radius 1 is 1.37 bits per heavy atom. The van der Waals surface area contributed by atoms with E-state index < -0.39 is 6.04 Å². The highest BCUT2D eigenvalue weighted by atomic mass is 16.5. The molecular formula is C15H24N2O2. The fourth-order valence-electron chi connectivity index (χ4n) is 1.94. The van der Waals surface area contributed by atoms with Crippen molar-refractivity contribution in [3.8, 4) is 0 Å². The molecule has 4 nitrogen and oxygen atoms in total. The summed E-state index contributed by atoms with van der Waals surface area (Å²) in [6.07, 6.45) is 0.900. The van der Waals surface area contributed by atoms with Crippen LogP contribution in [0.4, 0.5) is 0 Å².